The molecule has 0 aliphatic carbocycles. The Morgan fingerprint density at radius 1 is 1.24 bits per heavy atom. The number of sulfone groups is 1. The minimum Gasteiger partial charge on any atom is -0.370 e. The summed E-state index contributed by atoms with van der Waals surface area (Å²) in [5, 5.41) is 3.71. The number of piperidine rings is 1. The normalized spacial score (nSPS) is 16.0. The van der Waals surface area contributed by atoms with Gasteiger partial charge in [0.05, 0.1) is 28.7 Å². The number of aromatic nitrogens is 2. The maximum atomic E-state index is 12.3. The lowest BCUT2D eigenvalue weighted by Crippen LogP contribution is -2.39. The van der Waals surface area contributed by atoms with Crippen LogP contribution in [0.15, 0.2) is 41.6 Å². The highest BCUT2D eigenvalue weighted by Crippen LogP contribution is 2.29. The molecule has 0 saturated carbocycles. The van der Waals surface area contributed by atoms with Crippen molar-refractivity contribution >= 4 is 32.9 Å². The van der Waals surface area contributed by atoms with Crippen molar-refractivity contribution in [1.82, 2.24) is 9.97 Å². The first-order valence-corrected chi connectivity index (χ1v) is 10.3. The molecule has 1 aliphatic heterocycles. The van der Waals surface area contributed by atoms with E-state index in [9.17, 15) is 8.42 Å². The second-order valence-electron chi connectivity index (χ2n) is 6.00. The summed E-state index contributed by atoms with van der Waals surface area (Å²) in [6, 6.07) is 7.51. The largest absolute Gasteiger partial charge is 0.370 e. The zero-order valence-corrected chi connectivity index (χ0v) is 15.6. The number of para-hydroxylation sites is 1. The number of anilines is 2. The summed E-state index contributed by atoms with van der Waals surface area (Å²) in [6.07, 6.45) is 4.92. The number of nitrogens with one attached hydrogen (secondary N) is 1. The Balaban J connectivity index is 1.69. The van der Waals surface area contributed by atoms with E-state index in [1.165, 1.54) is 6.20 Å². The van der Waals surface area contributed by atoms with Gasteiger partial charge in [-0.3, -0.25) is 4.98 Å². The molecular formula is C17H21ClN4O2S. The number of benzene rings is 1. The van der Waals surface area contributed by atoms with E-state index in [1.54, 1.807) is 25.3 Å². The third-order valence-corrected chi connectivity index (χ3v) is 6.33. The van der Waals surface area contributed by atoms with Crippen molar-refractivity contribution in [3.63, 3.8) is 0 Å². The summed E-state index contributed by atoms with van der Waals surface area (Å²) in [5.74, 6) is 0.773. The van der Waals surface area contributed by atoms with Crippen molar-refractivity contribution in [3.05, 3.63) is 41.8 Å². The van der Waals surface area contributed by atoms with Crippen LogP contribution < -0.4 is 10.2 Å². The molecule has 0 radical (unpaired) electrons. The van der Waals surface area contributed by atoms with E-state index in [0.717, 1.165) is 31.6 Å². The summed E-state index contributed by atoms with van der Waals surface area (Å²) in [6.45, 7) is 3.23. The lowest BCUT2D eigenvalue weighted by molar-refractivity contribution is 0.522. The lowest BCUT2D eigenvalue weighted by atomic mass is 10.0. The first kappa shape index (κ1) is 17.9. The highest BCUT2D eigenvalue weighted by atomic mass is 35.5. The average molecular weight is 381 g/mol. The van der Waals surface area contributed by atoms with Gasteiger partial charge in [0, 0.05) is 19.1 Å². The molecule has 6 nitrogen and oxygen atoms in total. The zero-order chi connectivity index (χ0) is 17.9. The Bertz CT molecular complexity index is 836. The maximum absolute atomic E-state index is 12.3. The highest BCUT2D eigenvalue weighted by molar-refractivity contribution is 7.91. The molecule has 0 amide bonds. The molecule has 1 aromatic carbocycles. The molecule has 8 heteroatoms. The molecule has 1 fully saturated rings. The quantitative estimate of drug-likeness (QED) is 0.859. The van der Waals surface area contributed by atoms with Gasteiger partial charge >= 0.3 is 0 Å². The molecule has 0 atom stereocenters. The van der Waals surface area contributed by atoms with E-state index in [4.69, 9.17) is 11.6 Å². The SMILES string of the molecule is CCS(=O)(=O)c1ccccc1N1CCC(Nc2cncc(Cl)n2)CC1. The number of nitrogens with zero attached hydrogens (tertiary/aromatic N) is 3. The zero-order valence-electron chi connectivity index (χ0n) is 14.0. The molecule has 134 valence electrons. The third-order valence-electron chi connectivity index (χ3n) is 4.37. The molecule has 1 saturated heterocycles. The summed E-state index contributed by atoms with van der Waals surface area (Å²) < 4.78 is 24.7. The minimum absolute atomic E-state index is 0.107. The summed E-state index contributed by atoms with van der Waals surface area (Å²) in [7, 11) is -3.24. The molecule has 2 aromatic rings. The van der Waals surface area contributed by atoms with E-state index in [1.807, 2.05) is 12.1 Å². The van der Waals surface area contributed by atoms with Crippen LogP contribution in [0, 0.1) is 0 Å². The Morgan fingerprint density at radius 2 is 1.96 bits per heavy atom. The van der Waals surface area contributed by atoms with Gasteiger partial charge in [-0.15, -0.1) is 0 Å². The Labute approximate surface area is 153 Å². The van der Waals surface area contributed by atoms with Crippen LogP contribution in [0.1, 0.15) is 19.8 Å². The molecular weight excluding hydrogens is 360 g/mol. The van der Waals surface area contributed by atoms with E-state index in [2.05, 4.69) is 20.2 Å². The van der Waals surface area contributed by atoms with E-state index in [0.29, 0.717) is 15.9 Å². The van der Waals surface area contributed by atoms with Gasteiger partial charge in [-0.2, -0.15) is 0 Å². The second kappa shape index (κ2) is 7.58. The van der Waals surface area contributed by atoms with Crippen LogP contribution in [-0.4, -0.2) is 43.3 Å². The predicted molar refractivity (Wildman–Crippen MR) is 100 cm³/mol. The Morgan fingerprint density at radius 3 is 2.64 bits per heavy atom. The van der Waals surface area contributed by atoms with Crippen molar-refractivity contribution < 1.29 is 8.42 Å². The smallest absolute Gasteiger partial charge is 0.180 e. The Kier molecular flexibility index (Phi) is 5.44. The van der Waals surface area contributed by atoms with E-state index >= 15 is 0 Å². The molecule has 1 aromatic heterocycles. The summed E-state index contributed by atoms with van der Waals surface area (Å²) >= 11 is 5.86. The number of halogens is 1. The highest BCUT2D eigenvalue weighted by Gasteiger charge is 2.24. The topological polar surface area (TPSA) is 75.2 Å². The molecule has 0 spiro atoms. The van der Waals surface area contributed by atoms with Crippen LogP contribution in [0.5, 0.6) is 0 Å². The van der Waals surface area contributed by atoms with Crippen LogP contribution in [0.25, 0.3) is 0 Å². The van der Waals surface area contributed by atoms with Crippen molar-refractivity contribution in [2.45, 2.75) is 30.7 Å². The second-order valence-corrected chi connectivity index (χ2v) is 8.64. The Hall–Kier alpha value is -1.86. The van der Waals surface area contributed by atoms with E-state index < -0.39 is 9.84 Å². The van der Waals surface area contributed by atoms with Gasteiger partial charge in [0.15, 0.2) is 9.84 Å². The van der Waals surface area contributed by atoms with Crippen LogP contribution in [0.3, 0.4) is 0 Å². The fourth-order valence-electron chi connectivity index (χ4n) is 3.02. The maximum Gasteiger partial charge on any atom is 0.180 e. The number of hydrogen-bond acceptors (Lipinski definition) is 6. The molecule has 0 bridgehead atoms. The standard InChI is InChI=1S/C17H21ClN4O2S/c1-2-25(23,24)15-6-4-3-5-14(15)22-9-7-13(8-10-22)20-17-12-19-11-16(18)21-17/h3-6,11-13H,2,7-10H2,1H3,(H,20,21). The monoisotopic (exact) mass is 380 g/mol. The van der Waals surface area contributed by atoms with Gasteiger partial charge in [-0.25, -0.2) is 13.4 Å². The van der Waals surface area contributed by atoms with Crippen LogP contribution in [0.2, 0.25) is 5.15 Å². The number of hydrogen-bond donors (Lipinski definition) is 1. The minimum atomic E-state index is -3.24. The van der Waals surface area contributed by atoms with Crippen molar-refractivity contribution in [3.8, 4) is 0 Å². The molecule has 1 N–H and O–H groups in total. The molecule has 2 heterocycles. The third kappa shape index (κ3) is 4.22. The van der Waals surface area contributed by atoms with Crippen molar-refractivity contribution in [1.29, 1.82) is 0 Å². The van der Waals surface area contributed by atoms with Crippen LogP contribution >= 0.6 is 11.6 Å². The fraction of sp³-hybridized carbons (Fsp3) is 0.412. The number of rotatable bonds is 5. The first-order chi connectivity index (χ1) is 12.0. The van der Waals surface area contributed by atoms with E-state index in [-0.39, 0.29) is 11.8 Å². The van der Waals surface area contributed by atoms with Gasteiger partial charge in [0.2, 0.25) is 0 Å². The molecule has 3 rings (SSSR count). The van der Waals surface area contributed by atoms with Crippen molar-refractivity contribution in [2.24, 2.45) is 0 Å². The summed E-state index contributed by atoms with van der Waals surface area (Å²) in [5.41, 5.74) is 0.797. The predicted octanol–water partition coefficient (Wildman–Crippen LogP) is 3.00. The summed E-state index contributed by atoms with van der Waals surface area (Å²) in [4.78, 5) is 10.8. The lowest BCUT2D eigenvalue weighted by Gasteiger charge is -2.35. The molecule has 0 unspecified atom stereocenters. The van der Waals surface area contributed by atoms with Gasteiger partial charge in [0.1, 0.15) is 11.0 Å². The fourth-order valence-corrected chi connectivity index (χ4v) is 4.28. The van der Waals surface area contributed by atoms with Crippen LogP contribution in [0.4, 0.5) is 11.5 Å². The molecule has 1 aliphatic rings. The van der Waals surface area contributed by atoms with Gasteiger partial charge in [-0.1, -0.05) is 30.7 Å². The van der Waals surface area contributed by atoms with Crippen LogP contribution in [-0.2, 0) is 9.84 Å². The average Bonchev–Trinajstić information content (AvgIpc) is 2.62. The first-order valence-electron chi connectivity index (χ1n) is 8.30. The van der Waals surface area contributed by atoms with Gasteiger partial charge < -0.3 is 10.2 Å². The van der Waals surface area contributed by atoms with Gasteiger partial charge in [-0.05, 0) is 25.0 Å². The molecule has 25 heavy (non-hydrogen) atoms. The van der Waals surface area contributed by atoms with Crippen molar-refractivity contribution in [2.75, 3.05) is 29.1 Å². The van der Waals surface area contributed by atoms with Gasteiger partial charge in [0.25, 0.3) is 0 Å².